The lowest BCUT2D eigenvalue weighted by Gasteiger charge is -2.29. The van der Waals surface area contributed by atoms with Crippen molar-refractivity contribution in [2.24, 2.45) is 0 Å². The van der Waals surface area contributed by atoms with Gasteiger partial charge in [-0.15, -0.1) is 0 Å². The summed E-state index contributed by atoms with van der Waals surface area (Å²) in [5, 5.41) is 0. The van der Waals surface area contributed by atoms with Gasteiger partial charge in [-0.25, -0.2) is 0 Å². The van der Waals surface area contributed by atoms with E-state index in [1.54, 1.807) is 0 Å². The molecule has 3 aromatic carbocycles. The number of carbonyl (C=O) groups excluding carboxylic acids is 3. The number of hydrogen-bond acceptors (Lipinski definition) is 9. The first-order valence-corrected chi connectivity index (χ1v) is 25.3. The highest BCUT2D eigenvalue weighted by Crippen LogP contribution is 2.21. The van der Waals surface area contributed by atoms with Gasteiger partial charge >= 0.3 is 0 Å². The molecule has 3 aromatic rings. The molecule has 0 spiro atoms. The van der Waals surface area contributed by atoms with Gasteiger partial charge in [0.15, 0.2) is 0 Å². The van der Waals surface area contributed by atoms with E-state index in [4.69, 9.17) is 14.2 Å². The molecule has 66 heavy (non-hydrogen) atoms. The normalized spacial score (nSPS) is 19.6. The molecule has 3 fully saturated rings. The molecule has 0 radical (unpaired) electrons. The molecule has 3 unspecified atom stereocenters. The topological polar surface area (TPSA) is 98.3 Å². The third-order valence-corrected chi connectivity index (χ3v) is 12.1. The van der Waals surface area contributed by atoms with Gasteiger partial charge in [-0.3, -0.25) is 14.4 Å². The Morgan fingerprint density at radius 1 is 0.439 bits per heavy atom. The van der Waals surface area contributed by atoms with Crippen molar-refractivity contribution in [1.82, 2.24) is 14.7 Å². The molecule has 3 amide bonds. The second kappa shape index (κ2) is 31.7. The second-order valence-corrected chi connectivity index (χ2v) is 17.5. The fourth-order valence-electron chi connectivity index (χ4n) is 8.86. The van der Waals surface area contributed by atoms with Gasteiger partial charge in [0.05, 0.1) is 37.9 Å². The average molecular weight is 913 g/mol. The molecule has 0 N–H and O–H groups in total. The van der Waals surface area contributed by atoms with Crippen molar-refractivity contribution < 1.29 is 28.6 Å². The number of amides is 3. The minimum Gasteiger partial charge on any atom is -0.375 e. The highest BCUT2D eigenvalue weighted by Gasteiger charge is 2.27. The van der Waals surface area contributed by atoms with Gasteiger partial charge in [0.2, 0.25) is 17.7 Å². The lowest BCUT2D eigenvalue weighted by molar-refractivity contribution is -0.119. The van der Waals surface area contributed by atoms with E-state index in [1.807, 2.05) is 126 Å². The minimum atomic E-state index is 0.0877. The van der Waals surface area contributed by atoms with Gasteiger partial charge in [0, 0.05) is 95.4 Å². The summed E-state index contributed by atoms with van der Waals surface area (Å²) in [5.74, 6) is 0.461. The Morgan fingerprint density at radius 3 is 0.924 bits per heavy atom. The van der Waals surface area contributed by atoms with E-state index in [-0.39, 0.29) is 36.0 Å². The quantitative estimate of drug-likeness (QED) is 0.124. The summed E-state index contributed by atoms with van der Waals surface area (Å²) in [6.07, 6.45) is 8.49. The molecule has 3 aliphatic rings. The molecule has 12 nitrogen and oxygen atoms in total. The van der Waals surface area contributed by atoms with E-state index >= 15 is 0 Å². The summed E-state index contributed by atoms with van der Waals surface area (Å²) >= 11 is 0. The van der Waals surface area contributed by atoms with E-state index in [9.17, 15) is 14.4 Å². The van der Waals surface area contributed by atoms with E-state index in [0.29, 0.717) is 38.9 Å². The molecule has 6 rings (SSSR count). The van der Waals surface area contributed by atoms with Gasteiger partial charge in [-0.1, -0.05) is 96.1 Å². The van der Waals surface area contributed by atoms with Crippen LogP contribution in [0, 0.1) is 0 Å². The summed E-state index contributed by atoms with van der Waals surface area (Å²) < 4.78 is 18.0. The summed E-state index contributed by atoms with van der Waals surface area (Å²) in [6, 6.07) is 29.7. The SMILES string of the molecule is CCCN1CCCOC(CN(C(=O)CC)c2ccccc2)C1.CCCN1CCCOC(CN(C(=O)CC)c2ccccc2)C1.CCCN1CCCOC(CN(C(=O)CC)c2ccccc2)C1. The predicted molar refractivity (Wildman–Crippen MR) is 271 cm³/mol. The van der Waals surface area contributed by atoms with Crippen molar-refractivity contribution in [2.75, 3.05) is 113 Å². The third kappa shape index (κ3) is 19.2. The lowest BCUT2D eigenvalue weighted by atomic mass is 10.2. The van der Waals surface area contributed by atoms with Crippen LogP contribution in [0.3, 0.4) is 0 Å². The molecule has 12 heteroatoms. The van der Waals surface area contributed by atoms with Gasteiger partial charge in [-0.2, -0.15) is 0 Å². The highest BCUT2D eigenvalue weighted by molar-refractivity contribution is 5.94. The van der Waals surface area contributed by atoms with E-state index in [0.717, 1.165) is 134 Å². The number of rotatable bonds is 18. The van der Waals surface area contributed by atoms with Gasteiger partial charge < -0.3 is 43.6 Å². The fourth-order valence-corrected chi connectivity index (χ4v) is 8.86. The van der Waals surface area contributed by atoms with Crippen molar-refractivity contribution in [3.05, 3.63) is 91.0 Å². The zero-order valence-corrected chi connectivity index (χ0v) is 41.5. The van der Waals surface area contributed by atoms with Crippen molar-refractivity contribution in [1.29, 1.82) is 0 Å². The first-order chi connectivity index (χ1) is 32.2. The Kier molecular flexibility index (Phi) is 26.2. The second-order valence-electron chi connectivity index (χ2n) is 17.5. The zero-order valence-electron chi connectivity index (χ0n) is 41.5. The number of benzene rings is 3. The Hall–Kier alpha value is -4.17. The van der Waals surface area contributed by atoms with Crippen molar-refractivity contribution in [3.63, 3.8) is 0 Å². The van der Waals surface area contributed by atoms with Crippen LogP contribution in [0.25, 0.3) is 0 Å². The first kappa shape index (κ1) is 54.4. The molecule has 0 saturated carbocycles. The molecular formula is C54H84N6O6. The molecule has 3 atom stereocenters. The van der Waals surface area contributed by atoms with Crippen LogP contribution in [-0.4, -0.2) is 149 Å². The monoisotopic (exact) mass is 913 g/mol. The van der Waals surface area contributed by atoms with Crippen molar-refractivity contribution >= 4 is 34.8 Å². The van der Waals surface area contributed by atoms with Gasteiger partial charge in [0.1, 0.15) is 0 Å². The summed E-state index contributed by atoms with van der Waals surface area (Å²) in [7, 11) is 0. The maximum atomic E-state index is 12.3. The number of nitrogens with zero attached hydrogens (tertiary/aromatic N) is 6. The standard InChI is InChI=1S/3C18H28N2O2/c3*1-3-11-19-12-8-13-22-17(14-19)15-20(18(21)4-2)16-9-6-5-7-10-16/h3*5-7,9-10,17H,3-4,8,11-15H2,1-2H3. The summed E-state index contributed by atoms with van der Waals surface area (Å²) in [6.45, 7) is 25.9. The number of carbonyl (C=O) groups is 3. The number of ether oxygens (including phenoxy) is 3. The number of hydrogen-bond donors (Lipinski definition) is 0. The minimum absolute atomic E-state index is 0.0877. The van der Waals surface area contributed by atoms with Crippen LogP contribution >= 0.6 is 0 Å². The molecule has 3 saturated heterocycles. The lowest BCUT2D eigenvalue weighted by Crippen LogP contribution is -2.43. The Balaban J connectivity index is 0.000000216. The third-order valence-electron chi connectivity index (χ3n) is 12.1. The number of anilines is 3. The first-order valence-electron chi connectivity index (χ1n) is 25.3. The maximum Gasteiger partial charge on any atom is 0.226 e. The Labute approximate surface area is 398 Å². The fraction of sp³-hybridized carbons (Fsp3) is 0.611. The largest absolute Gasteiger partial charge is 0.375 e. The smallest absolute Gasteiger partial charge is 0.226 e. The van der Waals surface area contributed by atoms with Crippen LogP contribution in [0.15, 0.2) is 91.0 Å². The van der Waals surface area contributed by atoms with Crippen molar-refractivity contribution in [3.8, 4) is 0 Å². The zero-order chi connectivity index (χ0) is 47.4. The average Bonchev–Trinajstić information content (AvgIpc) is 3.83. The Bertz CT molecular complexity index is 1550. The number of para-hydroxylation sites is 3. The van der Waals surface area contributed by atoms with E-state index < -0.39 is 0 Å². The van der Waals surface area contributed by atoms with Crippen LogP contribution < -0.4 is 14.7 Å². The van der Waals surface area contributed by atoms with Crippen LogP contribution in [0.2, 0.25) is 0 Å². The summed E-state index contributed by atoms with van der Waals surface area (Å²) in [5.41, 5.74) is 2.89. The van der Waals surface area contributed by atoms with Gasteiger partial charge in [0.25, 0.3) is 0 Å². The van der Waals surface area contributed by atoms with Crippen LogP contribution in [0.4, 0.5) is 17.1 Å². The van der Waals surface area contributed by atoms with Crippen LogP contribution in [0.1, 0.15) is 99.3 Å². The van der Waals surface area contributed by atoms with Crippen molar-refractivity contribution in [2.45, 2.75) is 118 Å². The highest BCUT2D eigenvalue weighted by atomic mass is 16.5. The van der Waals surface area contributed by atoms with Crippen LogP contribution in [0.5, 0.6) is 0 Å². The van der Waals surface area contributed by atoms with E-state index in [1.165, 1.54) is 0 Å². The molecule has 0 aliphatic carbocycles. The van der Waals surface area contributed by atoms with E-state index in [2.05, 4.69) is 35.5 Å². The summed E-state index contributed by atoms with van der Waals surface area (Å²) in [4.78, 5) is 50.0. The molecule has 0 aromatic heterocycles. The molecular weight excluding hydrogens is 829 g/mol. The molecule has 0 bridgehead atoms. The predicted octanol–water partition coefficient (Wildman–Crippen LogP) is 8.79. The molecule has 3 aliphatic heterocycles. The molecule has 3 heterocycles. The maximum absolute atomic E-state index is 12.3. The van der Waals surface area contributed by atoms with Crippen LogP contribution in [-0.2, 0) is 28.6 Å². The Morgan fingerprint density at radius 2 is 0.697 bits per heavy atom. The molecule has 366 valence electrons. The van der Waals surface area contributed by atoms with Gasteiger partial charge in [-0.05, 0) is 94.6 Å².